The summed E-state index contributed by atoms with van der Waals surface area (Å²) in [5.41, 5.74) is 4.20. The van der Waals surface area contributed by atoms with Crippen LogP contribution in [0.1, 0.15) is 18.2 Å². The zero-order valence-corrected chi connectivity index (χ0v) is 26.4. The summed E-state index contributed by atoms with van der Waals surface area (Å²) in [6, 6.07) is 22.8. The summed E-state index contributed by atoms with van der Waals surface area (Å²) < 4.78 is 21.9. The summed E-state index contributed by atoms with van der Waals surface area (Å²) in [6.07, 6.45) is 6.92. The van der Waals surface area contributed by atoms with Gasteiger partial charge in [-0.1, -0.05) is 25.1 Å². The summed E-state index contributed by atoms with van der Waals surface area (Å²) >= 11 is 0. The topological polar surface area (TPSA) is 128 Å². The number of pyridine rings is 1. The lowest BCUT2D eigenvalue weighted by Gasteiger charge is -2.37. The van der Waals surface area contributed by atoms with Crippen LogP contribution in [0, 0.1) is 5.92 Å². The van der Waals surface area contributed by atoms with Crippen LogP contribution in [0.2, 0.25) is 0 Å². The van der Waals surface area contributed by atoms with E-state index in [1.54, 1.807) is 17.2 Å². The van der Waals surface area contributed by atoms with E-state index in [0.29, 0.717) is 37.9 Å². The Labute approximate surface area is 272 Å². The Morgan fingerprint density at radius 3 is 2.36 bits per heavy atom. The number of nitrogens with one attached hydrogen (secondary N) is 1. The smallest absolute Gasteiger partial charge is 0.343 e. The van der Waals surface area contributed by atoms with Crippen molar-refractivity contribution in [1.82, 2.24) is 34.5 Å². The Morgan fingerprint density at radius 1 is 0.979 bits per heavy atom. The number of piperazine rings is 1. The largest absolute Gasteiger partial charge is 0.491 e. The number of benzene rings is 2. The number of ether oxygens (including phenoxy) is 3. The second-order valence-electron chi connectivity index (χ2n) is 12.1. The number of hydrogen-bond acceptors (Lipinski definition) is 10. The van der Waals surface area contributed by atoms with Crippen LogP contribution in [0.25, 0.3) is 0 Å². The molecule has 0 radical (unpaired) electrons. The van der Waals surface area contributed by atoms with Gasteiger partial charge in [0.2, 0.25) is 5.79 Å². The van der Waals surface area contributed by atoms with E-state index in [2.05, 4.69) is 78.3 Å². The van der Waals surface area contributed by atoms with Crippen molar-refractivity contribution in [3.63, 3.8) is 0 Å². The van der Waals surface area contributed by atoms with Gasteiger partial charge in [0.15, 0.2) is 0 Å². The van der Waals surface area contributed by atoms with E-state index in [1.165, 1.54) is 34.3 Å². The van der Waals surface area contributed by atoms with E-state index in [1.807, 2.05) is 30.3 Å². The third-order valence-corrected chi connectivity index (χ3v) is 8.66. The Bertz CT molecular complexity index is 1750. The first-order valence-corrected chi connectivity index (χ1v) is 16.0. The second kappa shape index (κ2) is 13.8. The molecule has 2 saturated heterocycles. The molecule has 5 heterocycles. The molecule has 0 saturated carbocycles. The lowest BCUT2D eigenvalue weighted by Crippen LogP contribution is -2.46. The van der Waals surface area contributed by atoms with Crippen molar-refractivity contribution in [1.29, 1.82) is 0 Å². The molecule has 7 rings (SSSR count). The first-order chi connectivity index (χ1) is 23.0. The molecule has 3 unspecified atom stereocenters. The van der Waals surface area contributed by atoms with Gasteiger partial charge in [-0.2, -0.15) is 10.2 Å². The van der Waals surface area contributed by atoms with Gasteiger partial charge in [0.05, 0.1) is 6.61 Å². The molecule has 2 aliphatic rings. The Morgan fingerprint density at radius 2 is 1.72 bits per heavy atom. The van der Waals surface area contributed by atoms with Crippen LogP contribution in [-0.4, -0.2) is 80.0 Å². The number of H-pyrrole nitrogens is 1. The summed E-state index contributed by atoms with van der Waals surface area (Å²) in [5, 5.41) is 8.30. The maximum atomic E-state index is 11.7. The molecule has 0 spiro atoms. The Hall–Kier alpha value is -5.01. The van der Waals surface area contributed by atoms with Crippen molar-refractivity contribution >= 4 is 11.4 Å². The minimum absolute atomic E-state index is 0.162. The van der Waals surface area contributed by atoms with Crippen molar-refractivity contribution < 1.29 is 14.2 Å². The monoisotopic (exact) mass is 637 g/mol. The molecule has 244 valence electrons. The molecule has 3 atom stereocenters. The molecule has 1 N–H and O–H groups in total. The molecule has 2 aliphatic heterocycles. The molecular weight excluding hydrogens is 598 g/mol. The van der Waals surface area contributed by atoms with Gasteiger partial charge in [-0.15, -0.1) is 0 Å². The summed E-state index contributed by atoms with van der Waals surface area (Å²) in [4.78, 5) is 27.7. The first-order valence-electron chi connectivity index (χ1n) is 16.0. The van der Waals surface area contributed by atoms with Crippen molar-refractivity contribution in [2.45, 2.75) is 38.3 Å². The van der Waals surface area contributed by atoms with E-state index in [9.17, 15) is 4.79 Å². The van der Waals surface area contributed by atoms with Gasteiger partial charge in [-0.3, -0.25) is 9.97 Å². The normalized spacial score (nSPS) is 20.4. The van der Waals surface area contributed by atoms with E-state index < -0.39 is 5.79 Å². The summed E-state index contributed by atoms with van der Waals surface area (Å²) in [7, 11) is 0. The molecule has 13 heteroatoms. The zero-order valence-electron chi connectivity index (χ0n) is 26.4. The van der Waals surface area contributed by atoms with Crippen LogP contribution in [-0.2, 0) is 34.8 Å². The molecule has 0 bridgehead atoms. The van der Waals surface area contributed by atoms with Crippen molar-refractivity contribution in [3.05, 3.63) is 114 Å². The van der Waals surface area contributed by atoms with Crippen LogP contribution >= 0.6 is 0 Å². The van der Waals surface area contributed by atoms with Crippen LogP contribution in [0.5, 0.6) is 5.75 Å². The lowest BCUT2D eigenvalue weighted by molar-refractivity contribution is -0.193. The average molecular weight is 638 g/mol. The van der Waals surface area contributed by atoms with Gasteiger partial charge in [-0.25, -0.2) is 19.1 Å². The quantitative estimate of drug-likeness (QED) is 0.218. The maximum absolute atomic E-state index is 11.7. The van der Waals surface area contributed by atoms with Crippen molar-refractivity contribution in [3.8, 4) is 5.75 Å². The molecule has 13 nitrogen and oxygen atoms in total. The van der Waals surface area contributed by atoms with Crippen LogP contribution in [0.4, 0.5) is 11.4 Å². The summed E-state index contributed by atoms with van der Waals surface area (Å²) in [6.45, 7) is 7.58. The number of aromatic amines is 1. The van der Waals surface area contributed by atoms with E-state index in [0.717, 1.165) is 38.3 Å². The number of hydrogen-bond donors (Lipinski definition) is 1. The highest BCUT2D eigenvalue weighted by Crippen LogP contribution is 2.35. The van der Waals surface area contributed by atoms with Gasteiger partial charge in [-0.05, 0) is 66.4 Å². The predicted octanol–water partition coefficient (Wildman–Crippen LogP) is 3.11. The third kappa shape index (κ3) is 7.21. The minimum Gasteiger partial charge on any atom is -0.491 e. The number of aromatic nitrogens is 7. The van der Waals surface area contributed by atoms with E-state index in [4.69, 9.17) is 14.2 Å². The molecule has 2 aromatic carbocycles. The standard InChI is InChI=1S/C34H39N9O4/c1-26(19-43-33(44)37-24-39-43)18-27-5-7-28(8-6-27)40-14-16-41(17-15-40)29-9-11-30(12-10-29)45-20-31-21-46-34(47-31,22-42-25-35-23-38-42)32-4-2-3-13-36-32/h2-13,23-26,31H,14-22H2,1H3,(H,37,39,44). The molecule has 0 amide bonds. The molecule has 3 aromatic heterocycles. The van der Waals surface area contributed by atoms with Gasteiger partial charge in [0.25, 0.3) is 0 Å². The minimum atomic E-state index is -1.06. The highest BCUT2D eigenvalue weighted by Gasteiger charge is 2.45. The highest BCUT2D eigenvalue weighted by molar-refractivity contribution is 5.53. The highest BCUT2D eigenvalue weighted by atomic mass is 16.8. The predicted molar refractivity (Wildman–Crippen MR) is 175 cm³/mol. The fourth-order valence-electron chi connectivity index (χ4n) is 6.24. The van der Waals surface area contributed by atoms with Gasteiger partial charge in [0.1, 0.15) is 49.7 Å². The fraction of sp³-hybridized carbons (Fsp3) is 0.382. The fourth-order valence-corrected chi connectivity index (χ4v) is 6.24. The van der Waals surface area contributed by atoms with Crippen molar-refractivity contribution in [2.24, 2.45) is 5.92 Å². The Kier molecular flexibility index (Phi) is 8.98. The molecular formula is C34H39N9O4. The molecule has 5 aromatic rings. The SMILES string of the molecule is CC(Cc1ccc(N2CCN(c3ccc(OCC4COC(Cn5cncn5)(c5ccccn5)O4)cc3)CC2)cc1)Cn1nc[nH]c1=O. The molecule has 47 heavy (non-hydrogen) atoms. The van der Waals surface area contributed by atoms with Gasteiger partial charge < -0.3 is 24.0 Å². The van der Waals surface area contributed by atoms with Crippen molar-refractivity contribution in [2.75, 3.05) is 49.2 Å². The Balaban J connectivity index is 0.880. The van der Waals surface area contributed by atoms with Crippen LogP contribution < -0.4 is 20.2 Å². The summed E-state index contributed by atoms with van der Waals surface area (Å²) in [5.74, 6) is 0.0350. The number of nitrogens with zero attached hydrogens (tertiary/aromatic N) is 8. The van der Waals surface area contributed by atoms with Crippen LogP contribution in [0.15, 0.2) is 96.7 Å². The molecule has 2 fully saturated rings. The van der Waals surface area contributed by atoms with E-state index in [-0.39, 0.29) is 11.8 Å². The lowest BCUT2D eigenvalue weighted by atomic mass is 10.0. The number of anilines is 2. The molecule has 0 aliphatic carbocycles. The van der Waals surface area contributed by atoms with Crippen LogP contribution in [0.3, 0.4) is 0 Å². The maximum Gasteiger partial charge on any atom is 0.343 e. The first kappa shape index (κ1) is 30.6. The average Bonchev–Trinajstić information content (AvgIpc) is 3.88. The second-order valence-corrected chi connectivity index (χ2v) is 12.1. The van der Waals surface area contributed by atoms with Gasteiger partial charge in [0, 0.05) is 50.3 Å². The zero-order chi connectivity index (χ0) is 32.1. The van der Waals surface area contributed by atoms with E-state index >= 15 is 0 Å². The van der Waals surface area contributed by atoms with Gasteiger partial charge >= 0.3 is 5.69 Å². The third-order valence-electron chi connectivity index (χ3n) is 8.66. The number of rotatable bonds is 12.